The minimum Gasteiger partial charge on any atom is -0.612 e. The van der Waals surface area contributed by atoms with Gasteiger partial charge < -0.3 is 19.6 Å². The van der Waals surface area contributed by atoms with E-state index in [0.717, 1.165) is 17.4 Å². The molecule has 1 aliphatic heterocycles. The molecule has 0 amide bonds. The summed E-state index contributed by atoms with van der Waals surface area (Å²) < 4.78 is 49.5. The molecule has 6 rings (SSSR count). The van der Waals surface area contributed by atoms with E-state index in [4.69, 9.17) is 10.2 Å². The minimum absolute atomic E-state index is 0.0112. The molecule has 5 aromatic rings. The fourth-order valence-corrected chi connectivity index (χ4v) is 6.30. The summed E-state index contributed by atoms with van der Waals surface area (Å²) in [6.07, 6.45) is 2.93. The van der Waals surface area contributed by atoms with Crippen molar-refractivity contribution in [1.82, 2.24) is 24.1 Å². The van der Waals surface area contributed by atoms with E-state index in [9.17, 15) is 18.1 Å². The van der Waals surface area contributed by atoms with E-state index < -0.39 is 22.8 Å². The lowest BCUT2D eigenvalue weighted by Crippen LogP contribution is -2.47. The van der Waals surface area contributed by atoms with Gasteiger partial charge in [0.25, 0.3) is 0 Å². The van der Waals surface area contributed by atoms with Gasteiger partial charge in [-0.2, -0.15) is 14.6 Å². The number of nitrogens with zero attached hydrogens (tertiary/aromatic N) is 6. The van der Waals surface area contributed by atoms with Crippen LogP contribution >= 0.6 is 11.3 Å². The fourth-order valence-electron chi connectivity index (χ4n) is 4.73. The molecule has 0 radical (unpaired) electrons. The molecule has 1 aliphatic rings. The van der Waals surface area contributed by atoms with Crippen LogP contribution < -0.4 is 15.5 Å². The molecule has 4 aromatic heterocycles. The van der Waals surface area contributed by atoms with Gasteiger partial charge in [-0.05, 0) is 29.4 Å². The highest BCUT2D eigenvalue weighted by Gasteiger charge is 2.24. The summed E-state index contributed by atoms with van der Waals surface area (Å²) in [6, 6.07) is 7.52. The zero-order chi connectivity index (χ0) is 26.6. The molecule has 1 aromatic carbocycles. The summed E-state index contributed by atoms with van der Waals surface area (Å²) in [4.78, 5) is 21.2. The Morgan fingerprint density at radius 3 is 2.66 bits per heavy atom. The molecule has 0 unspecified atom stereocenters. The summed E-state index contributed by atoms with van der Waals surface area (Å²) in [5.74, 6) is -0.726. The first-order chi connectivity index (χ1) is 18.3. The molecule has 0 bridgehead atoms. The maximum atomic E-state index is 14.5. The first-order valence-corrected chi connectivity index (χ1v) is 14.2. The molecule has 14 heteroatoms. The van der Waals surface area contributed by atoms with Crippen LogP contribution in [0.2, 0.25) is 0 Å². The molecule has 38 heavy (non-hydrogen) atoms. The van der Waals surface area contributed by atoms with Crippen molar-refractivity contribution < 1.29 is 17.8 Å². The molecule has 0 saturated carbocycles. The summed E-state index contributed by atoms with van der Waals surface area (Å²) in [5, 5.41) is 4.47. The molecule has 10 nitrogen and oxygen atoms in total. The van der Waals surface area contributed by atoms with Crippen molar-refractivity contribution in [2.75, 3.05) is 49.6 Å². The van der Waals surface area contributed by atoms with Crippen LogP contribution in [0.25, 0.3) is 27.3 Å². The van der Waals surface area contributed by atoms with E-state index in [1.165, 1.54) is 16.8 Å². The number of rotatable bonds is 6. The molecule has 0 aliphatic carbocycles. The lowest BCUT2D eigenvalue weighted by atomic mass is 10.2. The molecular weight excluding hydrogens is 536 g/mol. The van der Waals surface area contributed by atoms with Gasteiger partial charge in [0.1, 0.15) is 22.5 Å². The number of anilines is 2. The standard InChI is InChI=1S/C24H23F2N7O3S2/c1-38(35)20-13-17(14(25)11-15(20)26)31-7-4-30(5-8-31)6-9-32-22-21(37-24(32)34)18-12-16(19-3-2-10-36-19)29-33(18)23(27)28-22/h2-3,10-13H,4-9H2,1H3,(H2,27,28)/t38-/m1/s1. The molecule has 5 heterocycles. The van der Waals surface area contributed by atoms with Gasteiger partial charge >= 0.3 is 4.87 Å². The van der Waals surface area contributed by atoms with Gasteiger partial charge in [-0.25, -0.2) is 8.78 Å². The van der Waals surface area contributed by atoms with Crippen LogP contribution in [0.4, 0.5) is 20.4 Å². The van der Waals surface area contributed by atoms with Gasteiger partial charge in [0.05, 0.1) is 17.5 Å². The van der Waals surface area contributed by atoms with Crippen LogP contribution in [0.15, 0.2) is 50.7 Å². The van der Waals surface area contributed by atoms with Crippen molar-refractivity contribution in [3.63, 3.8) is 0 Å². The van der Waals surface area contributed by atoms with Gasteiger partial charge in [0.15, 0.2) is 22.1 Å². The summed E-state index contributed by atoms with van der Waals surface area (Å²) in [6.45, 7) is 3.24. The number of benzene rings is 1. The number of hydrogen-bond acceptors (Lipinski definition) is 9. The Morgan fingerprint density at radius 2 is 1.95 bits per heavy atom. The van der Waals surface area contributed by atoms with Crippen LogP contribution in [0.3, 0.4) is 0 Å². The van der Waals surface area contributed by atoms with Crippen LogP contribution in [-0.2, 0) is 17.7 Å². The van der Waals surface area contributed by atoms with Crippen LogP contribution in [0, 0.1) is 11.6 Å². The average Bonchev–Trinajstić information content (AvgIpc) is 3.62. The lowest BCUT2D eigenvalue weighted by Gasteiger charge is -2.36. The summed E-state index contributed by atoms with van der Waals surface area (Å²) in [5.41, 5.74) is 8.21. The molecule has 198 valence electrons. The Bertz CT molecular complexity index is 1690. The normalized spacial score (nSPS) is 15.6. The average molecular weight is 560 g/mol. The van der Waals surface area contributed by atoms with E-state index >= 15 is 0 Å². The third kappa shape index (κ3) is 4.32. The second kappa shape index (κ2) is 9.69. The maximum absolute atomic E-state index is 14.5. The maximum Gasteiger partial charge on any atom is 0.309 e. The quantitative estimate of drug-likeness (QED) is 0.316. The number of furan rings is 1. The van der Waals surface area contributed by atoms with Gasteiger partial charge in [-0.15, -0.1) is 0 Å². The highest BCUT2D eigenvalue weighted by molar-refractivity contribution is 7.90. The minimum atomic E-state index is -1.56. The lowest BCUT2D eigenvalue weighted by molar-refractivity contribution is 0.248. The van der Waals surface area contributed by atoms with Gasteiger partial charge in [0, 0.05) is 51.4 Å². The monoisotopic (exact) mass is 559 g/mol. The zero-order valence-electron chi connectivity index (χ0n) is 20.3. The molecule has 2 N–H and O–H groups in total. The third-order valence-corrected chi connectivity index (χ3v) is 8.61. The van der Waals surface area contributed by atoms with Crippen molar-refractivity contribution in [3.05, 3.63) is 57.9 Å². The number of thiazole rings is 1. The Kier molecular flexibility index (Phi) is 6.34. The van der Waals surface area contributed by atoms with Crippen molar-refractivity contribution in [2.24, 2.45) is 0 Å². The molecule has 1 saturated heterocycles. The molecular formula is C24H23F2N7O3S2. The van der Waals surface area contributed by atoms with E-state index in [0.29, 0.717) is 66.6 Å². The molecule has 1 atom stereocenters. The summed E-state index contributed by atoms with van der Waals surface area (Å²) in [7, 11) is 0. The topological polar surface area (TPSA) is 121 Å². The highest BCUT2D eigenvalue weighted by atomic mass is 32.2. The van der Waals surface area contributed by atoms with Gasteiger partial charge in [-0.1, -0.05) is 11.3 Å². The van der Waals surface area contributed by atoms with Crippen molar-refractivity contribution in [3.8, 4) is 11.5 Å². The zero-order valence-corrected chi connectivity index (χ0v) is 21.9. The number of halogens is 2. The Balaban J connectivity index is 1.19. The predicted octanol–water partition coefficient (Wildman–Crippen LogP) is 2.79. The number of nitrogen functional groups attached to an aromatic ring is 1. The van der Waals surface area contributed by atoms with Crippen molar-refractivity contribution >= 4 is 50.0 Å². The van der Waals surface area contributed by atoms with Crippen LogP contribution in [-0.4, -0.2) is 67.6 Å². The van der Waals surface area contributed by atoms with Crippen LogP contribution in [0.5, 0.6) is 0 Å². The van der Waals surface area contributed by atoms with Gasteiger partial charge in [0.2, 0.25) is 5.95 Å². The second-order valence-electron chi connectivity index (χ2n) is 8.96. The Labute approximate surface area is 222 Å². The van der Waals surface area contributed by atoms with Crippen molar-refractivity contribution in [1.29, 1.82) is 0 Å². The first-order valence-electron chi connectivity index (χ1n) is 11.8. The Hall–Kier alpha value is -3.46. The number of piperazine rings is 1. The van der Waals surface area contributed by atoms with E-state index in [-0.39, 0.29) is 21.4 Å². The number of fused-ring (bicyclic) bond motifs is 3. The largest absolute Gasteiger partial charge is 0.612 e. The number of nitrogens with two attached hydrogens (primary N) is 1. The van der Waals surface area contributed by atoms with Crippen LogP contribution in [0.1, 0.15) is 0 Å². The van der Waals surface area contributed by atoms with E-state index in [1.807, 2.05) is 11.0 Å². The second-order valence-corrected chi connectivity index (χ2v) is 11.3. The molecule has 0 spiro atoms. The van der Waals surface area contributed by atoms with Gasteiger partial charge in [-0.3, -0.25) is 14.3 Å². The number of hydrogen-bond donors (Lipinski definition) is 1. The fraction of sp³-hybridized carbons (Fsp3) is 0.292. The highest BCUT2D eigenvalue weighted by Crippen LogP contribution is 2.29. The predicted molar refractivity (Wildman–Crippen MR) is 142 cm³/mol. The smallest absolute Gasteiger partial charge is 0.309 e. The summed E-state index contributed by atoms with van der Waals surface area (Å²) >= 11 is -0.465. The number of aromatic nitrogens is 4. The Morgan fingerprint density at radius 1 is 1.16 bits per heavy atom. The van der Waals surface area contributed by atoms with E-state index in [2.05, 4.69) is 15.0 Å². The van der Waals surface area contributed by atoms with Crippen molar-refractivity contribution in [2.45, 2.75) is 11.4 Å². The SMILES string of the molecule is C[S@@+]([O-])c1cc(N2CCN(CCn3c(=O)sc4c3nc(N)n3nc(-c5ccco5)cc43)CC2)c(F)cc1F. The first kappa shape index (κ1) is 24.9. The molecule has 1 fully saturated rings. The van der Waals surface area contributed by atoms with E-state index in [1.54, 1.807) is 23.0 Å². The third-order valence-electron chi connectivity index (χ3n) is 6.69.